The second-order valence-corrected chi connectivity index (χ2v) is 8.70. The van der Waals surface area contributed by atoms with E-state index in [2.05, 4.69) is 44.3 Å². The average Bonchev–Trinajstić information content (AvgIpc) is 2.82. The van der Waals surface area contributed by atoms with Crippen molar-refractivity contribution in [1.82, 2.24) is 16.2 Å². The Labute approximate surface area is 213 Å². The molecule has 0 bridgehead atoms. The molecule has 2 aromatic carbocycles. The Kier molecular flexibility index (Phi) is 11.5. The van der Waals surface area contributed by atoms with E-state index < -0.39 is 11.8 Å². The molecule has 0 radical (unpaired) electrons. The van der Waals surface area contributed by atoms with E-state index in [0.717, 1.165) is 25.7 Å². The number of halogens is 1. The molecule has 0 saturated carbocycles. The van der Waals surface area contributed by atoms with Crippen molar-refractivity contribution >= 4 is 56.7 Å². The number of hydrazine groups is 1. The van der Waals surface area contributed by atoms with Crippen LogP contribution < -0.4 is 26.2 Å². The summed E-state index contributed by atoms with van der Waals surface area (Å²) < 4.78 is 6.32. The molecule has 2 rings (SSSR count). The first-order chi connectivity index (χ1) is 16.3. The number of unbranched alkanes of at least 4 members (excludes halogenated alkanes) is 2. The Morgan fingerprint density at radius 3 is 2.24 bits per heavy atom. The third-order valence-corrected chi connectivity index (χ3v) is 5.48. The van der Waals surface area contributed by atoms with E-state index in [1.165, 1.54) is 0 Å². The van der Waals surface area contributed by atoms with Crippen LogP contribution in [-0.4, -0.2) is 29.4 Å². The standard InChI is InChI=1S/C24H29BrN4O4S/c1-3-5-7-21(30)26-18-11-8-16(9-12-18)23(32)28-29-24(34)27-22(31)17-10-13-20(19(25)15-17)33-14-6-4-2/h8-13,15H,3-7,14H2,1-2H3,(H,26,30)(H,28,32)(H2,27,29,31,34). The van der Waals surface area contributed by atoms with Gasteiger partial charge >= 0.3 is 0 Å². The summed E-state index contributed by atoms with van der Waals surface area (Å²) in [5.41, 5.74) is 6.28. The van der Waals surface area contributed by atoms with Crippen molar-refractivity contribution in [1.29, 1.82) is 0 Å². The molecule has 0 spiro atoms. The third kappa shape index (κ3) is 9.11. The Morgan fingerprint density at radius 1 is 0.912 bits per heavy atom. The SMILES string of the molecule is CCCCOc1ccc(C(=O)NC(=S)NNC(=O)c2ccc(NC(=O)CCCC)cc2)cc1Br. The van der Waals surface area contributed by atoms with E-state index in [1.54, 1.807) is 42.5 Å². The van der Waals surface area contributed by atoms with Gasteiger partial charge in [0.15, 0.2) is 5.11 Å². The summed E-state index contributed by atoms with van der Waals surface area (Å²) in [6, 6.07) is 11.4. The second kappa shape index (κ2) is 14.3. The number of ether oxygens (including phenoxy) is 1. The van der Waals surface area contributed by atoms with Crippen molar-refractivity contribution in [3.8, 4) is 5.75 Å². The summed E-state index contributed by atoms with van der Waals surface area (Å²) >= 11 is 8.49. The highest BCUT2D eigenvalue weighted by molar-refractivity contribution is 9.10. The highest BCUT2D eigenvalue weighted by atomic mass is 79.9. The lowest BCUT2D eigenvalue weighted by Crippen LogP contribution is -2.48. The maximum absolute atomic E-state index is 12.4. The number of thiocarbonyl (C=S) groups is 1. The van der Waals surface area contributed by atoms with Crippen molar-refractivity contribution in [2.24, 2.45) is 0 Å². The van der Waals surface area contributed by atoms with Gasteiger partial charge in [-0.2, -0.15) is 0 Å². The van der Waals surface area contributed by atoms with Crippen LogP contribution in [0.1, 0.15) is 66.7 Å². The van der Waals surface area contributed by atoms with Crippen molar-refractivity contribution < 1.29 is 19.1 Å². The molecule has 0 aliphatic rings. The van der Waals surface area contributed by atoms with Gasteiger partial charge in [-0.1, -0.05) is 26.7 Å². The van der Waals surface area contributed by atoms with Gasteiger partial charge in [-0.25, -0.2) is 0 Å². The molecule has 0 unspecified atom stereocenters. The Morgan fingerprint density at radius 2 is 1.59 bits per heavy atom. The van der Waals surface area contributed by atoms with Gasteiger partial charge < -0.3 is 10.1 Å². The van der Waals surface area contributed by atoms with Gasteiger partial charge in [0.2, 0.25) is 5.91 Å². The van der Waals surface area contributed by atoms with Gasteiger partial charge in [0, 0.05) is 23.2 Å². The van der Waals surface area contributed by atoms with Crippen LogP contribution in [0.25, 0.3) is 0 Å². The first kappa shape index (κ1) is 27.3. The molecule has 8 nitrogen and oxygen atoms in total. The first-order valence-electron chi connectivity index (χ1n) is 11.1. The van der Waals surface area contributed by atoms with Crippen LogP contribution in [0.2, 0.25) is 0 Å². The molecule has 0 aliphatic heterocycles. The third-order valence-electron chi connectivity index (χ3n) is 4.65. The summed E-state index contributed by atoms with van der Waals surface area (Å²) in [6.45, 7) is 4.70. The van der Waals surface area contributed by atoms with Crippen LogP contribution in [0.15, 0.2) is 46.9 Å². The molecule has 4 N–H and O–H groups in total. The van der Waals surface area contributed by atoms with Crippen LogP contribution in [-0.2, 0) is 4.79 Å². The molecule has 0 fully saturated rings. The summed E-state index contributed by atoms with van der Waals surface area (Å²) in [4.78, 5) is 36.5. The molecule has 0 heterocycles. The molecular formula is C24H29BrN4O4S. The lowest BCUT2D eigenvalue weighted by Gasteiger charge is -2.12. The molecule has 0 aliphatic carbocycles. The van der Waals surface area contributed by atoms with Gasteiger partial charge in [0.25, 0.3) is 11.8 Å². The molecule has 0 atom stereocenters. The molecule has 0 saturated heterocycles. The lowest BCUT2D eigenvalue weighted by molar-refractivity contribution is -0.116. The van der Waals surface area contributed by atoms with Crippen molar-refractivity contribution in [2.45, 2.75) is 46.0 Å². The van der Waals surface area contributed by atoms with Gasteiger partial charge in [0.05, 0.1) is 11.1 Å². The van der Waals surface area contributed by atoms with Gasteiger partial charge in [0.1, 0.15) is 5.75 Å². The summed E-state index contributed by atoms with van der Waals surface area (Å²) in [6.07, 6.45) is 4.20. The number of hydrogen-bond donors (Lipinski definition) is 4. The molecular weight excluding hydrogens is 520 g/mol. The molecule has 3 amide bonds. The zero-order valence-electron chi connectivity index (χ0n) is 19.2. The molecule has 2 aromatic rings. The number of anilines is 1. The maximum atomic E-state index is 12.4. The highest BCUT2D eigenvalue weighted by Crippen LogP contribution is 2.26. The zero-order chi connectivity index (χ0) is 24.9. The van der Waals surface area contributed by atoms with Gasteiger partial charge in [-0.15, -0.1) is 0 Å². The molecule has 182 valence electrons. The normalized spacial score (nSPS) is 10.2. The number of nitrogens with one attached hydrogen (secondary N) is 4. The predicted molar refractivity (Wildman–Crippen MR) is 140 cm³/mol. The number of rotatable bonds is 10. The smallest absolute Gasteiger partial charge is 0.269 e. The monoisotopic (exact) mass is 548 g/mol. The van der Waals surface area contributed by atoms with E-state index in [0.29, 0.717) is 40.1 Å². The summed E-state index contributed by atoms with van der Waals surface area (Å²) in [5.74, 6) is -0.287. The van der Waals surface area contributed by atoms with Crippen LogP contribution in [0.3, 0.4) is 0 Å². The van der Waals surface area contributed by atoms with E-state index in [-0.39, 0.29) is 11.0 Å². The zero-order valence-corrected chi connectivity index (χ0v) is 21.6. The first-order valence-corrected chi connectivity index (χ1v) is 12.3. The van der Waals surface area contributed by atoms with Gasteiger partial charge in [-0.05, 0) is 83.5 Å². The van der Waals surface area contributed by atoms with Crippen LogP contribution in [0.4, 0.5) is 5.69 Å². The highest BCUT2D eigenvalue weighted by Gasteiger charge is 2.12. The lowest BCUT2D eigenvalue weighted by atomic mass is 10.2. The van der Waals surface area contributed by atoms with Crippen molar-refractivity contribution in [3.63, 3.8) is 0 Å². The fraction of sp³-hybridized carbons (Fsp3) is 0.333. The van der Waals surface area contributed by atoms with Crippen LogP contribution in [0.5, 0.6) is 5.75 Å². The van der Waals surface area contributed by atoms with Gasteiger partial charge in [-0.3, -0.25) is 30.6 Å². The van der Waals surface area contributed by atoms with E-state index in [9.17, 15) is 14.4 Å². The van der Waals surface area contributed by atoms with E-state index >= 15 is 0 Å². The largest absolute Gasteiger partial charge is 0.492 e. The quantitative estimate of drug-likeness (QED) is 0.194. The van der Waals surface area contributed by atoms with Crippen molar-refractivity contribution in [3.05, 3.63) is 58.1 Å². The average molecular weight is 549 g/mol. The van der Waals surface area contributed by atoms with Crippen LogP contribution in [0, 0.1) is 0 Å². The minimum absolute atomic E-state index is 0.0578. The fourth-order valence-electron chi connectivity index (χ4n) is 2.74. The summed E-state index contributed by atoms with van der Waals surface area (Å²) in [7, 11) is 0. The Hall–Kier alpha value is -2.98. The number of hydrogen-bond acceptors (Lipinski definition) is 5. The number of amides is 3. The fourth-order valence-corrected chi connectivity index (χ4v) is 3.38. The topological polar surface area (TPSA) is 109 Å². The number of carbonyl (C=O) groups is 3. The molecule has 34 heavy (non-hydrogen) atoms. The van der Waals surface area contributed by atoms with Crippen molar-refractivity contribution in [2.75, 3.05) is 11.9 Å². The predicted octanol–water partition coefficient (Wildman–Crippen LogP) is 4.71. The minimum atomic E-state index is -0.447. The Bertz CT molecular complexity index is 1010. The second-order valence-electron chi connectivity index (χ2n) is 7.44. The minimum Gasteiger partial charge on any atom is -0.492 e. The Balaban J connectivity index is 1.81. The van der Waals surface area contributed by atoms with Crippen LogP contribution >= 0.6 is 28.1 Å². The number of carbonyl (C=O) groups excluding carboxylic acids is 3. The van der Waals surface area contributed by atoms with E-state index in [1.807, 2.05) is 6.92 Å². The van der Waals surface area contributed by atoms with E-state index in [4.69, 9.17) is 17.0 Å². The molecule has 10 heteroatoms. The number of benzene rings is 2. The maximum Gasteiger partial charge on any atom is 0.269 e. The summed E-state index contributed by atoms with van der Waals surface area (Å²) in [5, 5.41) is 5.23. The molecule has 0 aromatic heterocycles.